The van der Waals surface area contributed by atoms with Gasteiger partial charge in [-0.1, -0.05) is 42.0 Å². The van der Waals surface area contributed by atoms with Crippen molar-refractivity contribution in [2.45, 2.75) is 38.1 Å². The van der Waals surface area contributed by atoms with Gasteiger partial charge in [-0.15, -0.1) is 0 Å². The van der Waals surface area contributed by atoms with Crippen LogP contribution in [0.5, 0.6) is 0 Å². The molecule has 3 unspecified atom stereocenters. The van der Waals surface area contributed by atoms with E-state index in [9.17, 15) is 9.18 Å². The van der Waals surface area contributed by atoms with Gasteiger partial charge in [0.2, 0.25) is 5.91 Å². The number of aryl methyl sites for hydroxylation is 1. The van der Waals surface area contributed by atoms with Gasteiger partial charge in [-0.25, -0.2) is 4.39 Å². The maximum absolute atomic E-state index is 13.1. The highest BCUT2D eigenvalue weighted by Gasteiger charge is 2.47. The third-order valence-electron chi connectivity index (χ3n) is 5.40. The highest BCUT2D eigenvalue weighted by molar-refractivity contribution is 5.83. The molecule has 124 valence electrons. The first-order chi connectivity index (χ1) is 11.6. The quantitative estimate of drug-likeness (QED) is 0.808. The van der Waals surface area contributed by atoms with Crippen LogP contribution in [0.4, 0.5) is 4.39 Å². The number of hydrogen-bond donors (Lipinski definition) is 0. The number of carbonyl (C=O) groups excluding carboxylic acids is 1. The second kappa shape index (κ2) is 6.04. The highest BCUT2D eigenvalue weighted by atomic mass is 19.1. The fourth-order valence-electron chi connectivity index (χ4n) is 3.92. The zero-order valence-corrected chi connectivity index (χ0v) is 13.9. The molecule has 2 nitrogen and oxygen atoms in total. The number of nitrogens with zero attached hydrogens (tertiary/aromatic N) is 1. The van der Waals surface area contributed by atoms with Crippen LogP contribution in [-0.4, -0.2) is 17.4 Å². The summed E-state index contributed by atoms with van der Waals surface area (Å²) in [5, 5.41) is 0. The van der Waals surface area contributed by atoms with Crippen molar-refractivity contribution in [2.24, 2.45) is 5.92 Å². The summed E-state index contributed by atoms with van der Waals surface area (Å²) in [4.78, 5) is 15.0. The van der Waals surface area contributed by atoms with Crippen LogP contribution in [0.15, 0.2) is 48.5 Å². The molecule has 0 spiro atoms. The molecule has 0 N–H and O–H groups in total. The number of rotatable bonds is 3. The Morgan fingerprint density at radius 2 is 1.71 bits per heavy atom. The van der Waals surface area contributed by atoms with Crippen molar-refractivity contribution < 1.29 is 9.18 Å². The van der Waals surface area contributed by atoms with Crippen LogP contribution in [0.1, 0.15) is 47.9 Å². The van der Waals surface area contributed by atoms with Crippen molar-refractivity contribution in [1.82, 2.24) is 4.90 Å². The standard InChI is InChI=1S/C21H22FNO/c1-14-4-6-16(7-5-14)20-3-2-12-23(20)21(24)19-13-18(19)15-8-10-17(22)11-9-15/h4-11,18-20H,2-3,12-13H2,1H3. The van der Waals surface area contributed by atoms with E-state index >= 15 is 0 Å². The van der Waals surface area contributed by atoms with Gasteiger partial charge in [0, 0.05) is 12.5 Å². The van der Waals surface area contributed by atoms with Gasteiger partial charge in [0.1, 0.15) is 5.82 Å². The van der Waals surface area contributed by atoms with Crippen molar-refractivity contribution in [3.8, 4) is 0 Å². The van der Waals surface area contributed by atoms with E-state index in [4.69, 9.17) is 0 Å². The lowest BCUT2D eigenvalue weighted by Crippen LogP contribution is -2.32. The summed E-state index contributed by atoms with van der Waals surface area (Å²) in [6, 6.07) is 15.4. The van der Waals surface area contributed by atoms with Crippen LogP contribution in [-0.2, 0) is 4.79 Å². The smallest absolute Gasteiger partial charge is 0.226 e. The molecule has 2 aromatic rings. The molecule has 1 saturated heterocycles. The highest BCUT2D eigenvalue weighted by Crippen LogP contribution is 2.50. The molecule has 1 amide bonds. The lowest BCUT2D eigenvalue weighted by molar-refractivity contribution is -0.133. The molecule has 4 rings (SSSR count). The molecule has 1 aliphatic heterocycles. The Morgan fingerprint density at radius 3 is 2.42 bits per heavy atom. The molecule has 3 heteroatoms. The van der Waals surface area contributed by atoms with E-state index in [0.717, 1.165) is 31.4 Å². The fraction of sp³-hybridized carbons (Fsp3) is 0.381. The third-order valence-corrected chi connectivity index (χ3v) is 5.40. The summed E-state index contributed by atoms with van der Waals surface area (Å²) >= 11 is 0. The Bertz CT molecular complexity index is 737. The second-order valence-electron chi connectivity index (χ2n) is 7.10. The first-order valence-electron chi connectivity index (χ1n) is 8.76. The summed E-state index contributed by atoms with van der Waals surface area (Å²) in [6.07, 6.45) is 3.00. The van der Waals surface area contributed by atoms with Crippen molar-refractivity contribution in [3.63, 3.8) is 0 Å². The molecule has 1 aliphatic carbocycles. The van der Waals surface area contributed by atoms with E-state index < -0.39 is 0 Å². The average molecular weight is 323 g/mol. The Kier molecular flexibility index (Phi) is 3.87. The van der Waals surface area contributed by atoms with Gasteiger partial charge in [0.25, 0.3) is 0 Å². The van der Waals surface area contributed by atoms with E-state index in [2.05, 4.69) is 36.1 Å². The number of halogens is 1. The van der Waals surface area contributed by atoms with Crippen molar-refractivity contribution in [2.75, 3.05) is 6.54 Å². The number of amides is 1. The molecule has 3 atom stereocenters. The van der Waals surface area contributed by atoms with Gasteiger partial charge in [0.05, 0.1) is 6.04 Å². The van der Waals surface area contributed by atoms with Crippen LogP contribution in [0, 0.1) is 18.7 Å². The molecule has 2 aliphatic rings. The molecule has 1 saturated carbocycles. The molecule has 0 bridgehead atoms. The summed E-state index contributed by atoms with van der Waals surface area (Å²) in [7, 11) is 0. The van der Waals surface area contributed by atoms with Gasteiger partial charge in [-0.3, -0.25) is 4.79 Å². The molecule has 0 aromatic heterocycles. The molecular weight excluding hydrogens is 301 g/mol. The van der Waals surface area contributed by atoms with Crippen LogP contribution in [0.25, 0.3) is 0 Å². The first kappa shape index (κ1) is 15.4. The van der Waals surface area contributed by atoms with E-state index in [0.29, 0.717) is 0 Å². The monoisotopic (exact) mass is 323 g/mol. The second-order valence-corrected chi connectivity index (χ2v) is 7.10. The molecule has 0 radical (unpaired) electrons. The largest absolute Gasteiger partial charge is 0.335 e. The predicted molar refractivity (Wildman–Crippen MR) is 92.1 cm³/mol. The van der Waals surface area contributed by atoms with Crippen LogP contribution < -0.4 is 0 Å². The average Bonchev–Trinajstić information content (AvgIpc) is 3.24. The fourth-order valence-corrected chi connectivity index (χ4v) is 3.92. The van der Waals surface area contributed by atoms with Crippen LogP contribution in [0.2, 0.25) is 0 Å². The van der Waals surface area contributed by atoms with E-state index in [1.807, 2.05) is 12.1 Å². The normalized spacial score (nSPS) is 25.8. The number of likely N-dealkylation sites (tertiary alicyclic amines) is 1. The van der Waals surface area contributed by atoms with Crippen molar-refractivity contribution >= 4 is 5.91 Å². The minimum Gasteiger partial charge on any atom is -0.335 e. The van der Waals surface area contributed by atoms with E-state index in [-0.39, 0.29) is 29.6 Å². The molecule has 24 heavy (non-hydrogen) atoms. The van der Waals surface area contributed by atoms with Gasteiger partial charge in [0.15, 0.2) is 0 Å². The number of hydrogen-bond acceptors (Lipinski definition) is 1. The van der Waals surface area contributed by atoms with Gasteiger partial charge in [-0.2, -0.15) is 0 Å². The summed E-state index contributed by atoms with van der Waals surface area (Å²) in [6.45, 7) is 2.93. The summed E-state index contributed by atoms with van der Waals surface area (Å²) in [5.41, 5.74) is 3.57. The number of benzene rings is 2. The minimum absolute atomic E-state index is 0.0708. The van der Waals surface area contributed by atoms with E-state index in [1.54, 1.807) is 0 Å². The molecule has 1 heterocycles. The van der Waals surface area contributed by atoms with Crippen molar-refractivity contribution in [1.29, 1.82) is 0 Å². The minimum atomic E-state index is -0.221. The molecule has 2 fully saturated rings. The van der Waals surface area contributed by atoms with Crippen LogP contribution >= 0.6 is 0 Å². The lowest BCUT2D eigenvalue weighted by atomic mass is 10.0. The summed E-state index contributed by atoms with van der Waals surface area (Å²) < 4.78 is 13.1. The maximum Gasteiger partial charge on any atom is 0.226 e. The SMILES string of the molecule is Cc1ccc(C2CCCN2C(=O)C2CC2c2ccc(F)cc2)cc1. The van der Waals surface area contributed by atoms with Gasteiger partial charge in [-0.05, 0) is 55.4 Å². The zero-order chi connectivity index (χ0) is 16.7. The topological polar surface area (TPSA) is 20.3 Å². The number of carbonyl (C=O) groups is 1. The lowest BCUT2D eigenvalue weighted by Gasteiger charge is -2.25. The van der Waals surface area contributed by atoms with Crippen molar-refractivity contribution in [3.05, 3.63) is 71.0 Å². The summed E-state index contributed by atoms with van der Waals surface area (Å²) in [5.74, 6) is 0.382. The Labute approximate surface area is 142 Å². The first-order valence-corrected chi connectivity index (χ1v) is 8.76. The molecular formula is C21H22FNO. The van der Waals surface area contributed by atoms with E-state index in [1.165, 1.54) is 23.3 Å². The Hall–Kier alpha value is -2.16. The predicted octanol–water partition coefficient (Wildman–Crippen LogP) is 4.60. The Balaban J connectivity index is 1.48. The van der Waals surface area contributed by atoms with Gasteiger partial charge >= 0.3 is 0 Å². The van der Waals surface area contributed by atoms with Crippen LogP contribution in [0.3, 0.4) is 0 Å². The third kappa shape index (κ3) is 2.83. The molecule has 2 aromatic carbocycles. The zero-order valence-electron chi connectivity index (χ0n) is 13.9. The maximum atomic E-state index is 13.1. The van der Waals surface area contributed by atoms with Gasteiger partial charge < -0.3 is 4.90 Å². The Morgan fingerprint density at radius 1 is 1.04 bits per heavy atom.